The molecule has 5 nitrogen and oxygen atoms in total. The van der Waals surface area contributed by atoms with Gasteiger partial charge < -0.3 is 4.74 Å². The van der Waals surface area contributed by atoms with Crippen LogP contribution in [0.1, 0.15) is 24.0 Å². The summed E-state index contributed by atoms with van der Waals surface area (Å²) in [6, 6.07) is 16.7. The Balaban J connectivity index is 1.79. The molecule has 6 heteroatoms. The van der Waals surface area contributed by atoms with Crippen LogP contribution in [0.4, 0.5) is 0 Å². The maximum absolute atomic E-state index is 12.4. The van der Waals surface area contributed by atoms with Crippen molar-refractivity contribution in [1.82, 2.24) is 4.83 Å². The van der Waals surface area contributed by atoms with E-state index in [-0.39, 0.29) is 4.90 Å². The van der Waals surface area contributed by atoms with Crippen LogP contribution in [0.3, 0.4) is 0 Å². The first kappa shape index (κ1) is 18.4. The van der Waals surface area contributed by atoms with Gasteiger partial charge in [-0.25, -0.2) is 4.83 Å². The highest BCUT2D eigenvalue weighted by molar-refractivity contribution is 7.89. The van der Waals surface area contributed by atoms with E-state index in [1.165, 1.54) is 0 Å². The second-order valence-electron chi connectivity index (χ2n) is 6.20. The number of rotatable bonds is 4. The Hall–Kier alpha value is -2.44. The highest BCUT2D eigenvalue weighted by Gasteiger charge is 2.15. The van der Waals surface area contributed by atoms with E-state index >= 15 is 0 Å². The van der Waals surface area contributed by atoms with Crippen LogP contribution in [0.2, 0.25) is 0 Å². The lowest BCUT2D eigenvalue weighted by atomic mass is 9.99. The average Bonchev–Trinajstić information content (AvgIpc) is 2.62. The lowest BCUT2D eigenvalue weighted by molar-refractivity contribution is 0.175. The fraction of sp³-hybridized carbons (Fsp3) is 0.250. The molecule has 1 aliphatic heterocycles. The first-order chi connectivity index (χ1) is 12.5. The lowest BCUT2D eigenvalue weighted by Crippen LogP contribution is -2.23. The Kier molecular flexibility index (Phi) is 5.85. The van der Waals surface area contributed by atoms with Crippen molar-refractivity contribution < 1.29 is 13.2 Å². The summed E-state index contributed by atoms with van der Waals surface area (Å²) >= 11 is 0. The zero-order chi connectivity index (χ0) is 18.4. The fourth-order valence-electron chi connectivity index (χ4n) is 2.69. The molecule has 26 heavy (non-hydrogen) atoms. The monoisotopic (exact) mass is 370 g/mol. The number of nitrogens with one attached hydrogen (secondary N) is 1. The predicted molar refractivity (Wildman–Crippen MR) is 103 cm³/mol. The number of nitrogens with zero attached hydrogens (tertiary/aromatic N) is 1. The molecular formula is C20H22N2O3S. The van der Waals surface area contributed by atoms with Crippen LogP contribution < -0.4 is 4.83 Å². The largest absolute Gasteiger partial charge is 0.375 e. The van der Waals surface area contributed by atoms with Gasteiger partial charge in [-0.2, -0.15) is 13.5 Å². The molecule has 0 amide bonds. The predicted octanol–water partition coefficient (Wildman–Crippen LogP) is 3.52. The van der Waals surface area contributed by atoms with E-state index in [1.54, 1.807) is 24.3 Å². The van der Waals surface area contributed by atoms with Gasteiger partial charge in [-0.3, -0.25) is 0 Å². The van der Waals surface area contributed by atoms with Crippen LogP contribution in [-0.2, 0) is 14.8 Å². The summed E-state index contributed by atoms with van der Waals surface area (Å²) in [6.07, 6.45) is 3.49. The van der Waals surface area contributed by atoms with Crippen LogP contribution in [-0.4, -0.2) is 27.3 Å². The zero-order valence-electron chi connectivity index (χ0n) is 14.7. The van der Waals surface area contributed by atoms with E-state index in [4.69, 9.17) is 4.74 Å². The van der Waals surface area contributed by atoms with Crippen LogP contribution in [0.5, 0.6) is 0 Å². The van der Waals surface area contributed by atoms with Crippen molar-refractivity contribution in [3.05, 3.63) is 71.8 Å². The van der Waals surface area contributed by atoms with Crippen molar-refractivity contribution >= 4 is 21.3 Å². The summed E-state index contributed by atoms with van der Waals surface area (Å²) in [5.41, 5.74) is 3.89. The minimum atomic E-state index is -3.69. The van der Waals surface area contributed by atoms with E-state index in [2.05, 4.69) is 16.0 Å². The Labute approximate surface area is 154 Å². The summed E-state index contributed by atoms with van der Waals surface area (Å²) < 4.78 is 30.4. The molecule has 1 aliphatic rings. The molecule has 0 aliphatic carbocycles. The Morgan fingerprint density at radius 1 is 1.04 bits per heavy atom. The molecule has 2 aromatic carbocycles. The van der Waals surface area contributed by atoms with Crippen LogP contribution in [0.15, 0.2) is 70.7 Å². The van der Waals surface area contributed by atoms with Gasteiger partial charge in [0.05, 0.1) is 23.8 Å². The van der Waals surface area contributed by atoms with Gasteiger partial charge in [-0.1, -0.05) is 54.1 Å². The molecule has 136 valence electrons. The molecule has 3 rings (SSSR count). The van der Waals surface area contributed by atoms with E-state index in [9.17, 15) is 8.42 Å². The number of hydrazone groups is 1. The number of ether oxygens (including phenoxy) is 1. The normalized spacial score (nSPS) is 17.3. The molecule has 0 fully saturated rings. The van der Waals surface area contributed by atoms with Gasteiger partial charge in [0.15, 0.2) is 0 Å². The third-order valence-corrected chi connectivity index (χ3v) is 5.34. The van der Waals surface area contributed by atoms with Crippen molar-refractivity contribution in [1.29, 1.82) is 0 Å². The Morgan fingerprint density at radius 2 is 1.77 bits per heavy atom. The zero-order valence-corrected chi connectivity index (χ0v) is 15.5. The highest BCUT2D eigenvalue weighted by Crippen LogP contribution is 2.21. The average molecular weight is 370 g/mol. The SMILES string of the molecule is Cc1ccc(S(=O)(=O)N/N=C2\COCCC=C(c3ccccc3)C2)cc1. The van der Waals surface area contributed by atoms with Gasteiger partial charge in [0.1, 0.15) is 0 Å². The topological polar surface area (TPSA) is 67.8 Å². The minimum Gasteiger partial charge on any atom is -0.375 e. The molecule has 0 spiro atoms. The van der Waals surface area contributed by atoms with Gasteiger partial charge >= 0.3 is 0 Å². The third kappa shape index (κ3) is 4.80. The van der Waals surface area contributed by atoms with Gasteiger partial charge in [-0.05, 0) is 36.6 Å². The van der Waals surface area contributed by atoms with E-state index in [0.717, 1.165) is 23.1 Å². The summed E-state index contributed by atoms with van der Waals surface area (Å²) in [5, 5.41) is 4.14. The molecule has 0 saturated heterocycles. The maximum Gasteiger partial charge on any atom is 0.276 e. The van der Waals surface area contributed by atoms with Crippen molar-refractivity contribution in [2.45, 2.75) is 24.7 Å². The second kappa shape index (κ2) is 8.29. The molecule has 1 heterocycles. The first-order valence-corrected chi connectivity index (χ1v) is 9.99. The molecule has 0 bridgehead atoms. The van der Waals surface area contributed by atoms with E-state index < -0.39 is 10.0 Å². The summed E-state index contributed by atoms with van der Waals surface area (Å²) in [7, 11) is -3.69. The molecule has 0 unspecified atom stereocenters. The van der Waals surface area contributed by atoms with E-state index in [0.29, 0.717) is 25.3 Å². The van der Waals surface area contributed by atoms with Crippen molar-refractivity contribution in [2.75, 3.05) is 13.2 Å². The quantitative estimate of drug-likeness (QED) is 0.837. The van der Waals surface area contributed by atoms with Gasteiger partial charge in [0, 0.05) is 6.42 Å². The first-order valence-electron chi connectivity index (χ1n) is 8.51. The van der Waals surface area contributed by atoms with Crippen molar-refractivity contribution in [2.24, 2.45) is 5.10 Å². The maximum atomic E-state index is 12.4. The molecule has 0 saturated carbocycles. The lowest BCUT2D eigenvalue weighted by Gasteiger charge is -2.15. The minimum absolute atomic E-state index is 0.193. The van der Waals surface area contributed by atoms with E-state index in [1.807, 2.05) is 37.3 Å². The summed E-state index contributed by atoms with van der Waals surface area (Å²) in [6.45, 7) is 2.80. The molecule has 2 aromatic rings. The fourth-order valence-corrected chi connectivity index (χ4v) is 3.54. The molecular weight excluding hydrogens is 348 g/mol. The standard InChI is InChI=1S/C20H22N2O3S/c1-16-9-11-20(12-10-16)26(23,24)22-21-19-14-18(8-5-13-25-15-19)17-6-3-2-4-7-17/h2-4,6-12,22H,5,13-15H2,1H3/b18-8?,21-19-. The van der Waals surface area contributed by atoms with Gasteiger partial charge in [0.2, 0.25) is 0 Å². The second-order valence-corrected chi connectivity index (χ2v) is 7.86. The molecule has 1 N–H and O–H groups in total. The summed E-state index contributed by atoms with van der Waals surface area (Å²) in [4.78, 5) is 2.53. The molecule has 0 atom stereocenters. The summed E-state index contributed by atoms with van der Waals surface area (Å²) in [5.74, 6) is 0. The number of hydrogen-bond acceptors (Lipinski definition) is 4. The smallest absolute Gasteiger partial charge is 0.276 e. The molecule has 0 aromatic heterocycles. The highest BCUT2D eigenvalue weighted by atomic mass is 32.2. The number of hydrogen-bond donors (Lipinski definition) is 1. The Bertz CT molecular complexity index is 902. The third-order valence-electron chi connectivity index (χ3n) is 4.12. The Morgan fingerprint density at radius 3 is 2.50 bits per heavy atom. The van der Waals surface area contributed by atoms with Crippen molar-refractivity contribution in [3.8, 4) is 0 Å². The van der Waals surface area contributed by atoms with Gasteiger partial charge in [-0.15, -0.1) is 0 Å². The number of aryl methyl sites for hydroxylation is 1. The van der Waals surface area contributed by atoms with Gasteiger partial charge in [0.25, 0.3) is 10.0 Å². The number of sulfonamides is 1. The van der Waals surface area contributed by atoms with Crippen LogP contribution in [0, 0.1) is 6.92 Å². The number of allylic oxidation sites excluding steroid dienone is 1. The van der Waals surface area contributed by atoms with Crippen molar-refractivity contribution in [3.63, 3.8) is 0 Å². The number of benzene rings is 2. The van der Waals surface area contributed by atoms with Crippen LogP contribution >= 0.6 is 0 Å². The van der Waals surface area contributed by atoms with Crippen LogP contribution in [0.25, 0.3) is 5.57 Å². The molecule has 0 radical (unpaired) electrons.